The molecular formula is C25H28F2N4. The van der Waals surface area contributed by atoms with Crippen molar-refractivity contribution in [1.82, 2.24) is 20.2 Å². The van der Waals surface area contributed by atoms with Crippen molar-refractivity contribution in [2.45, 2.75) is 38.7 Å². The second-order valence-corrected chi connectivity index (χ2v) is 7.92. The highest BCUT2D eigenvalue weighted by atomic mass is 19.1. The molecule has 0 unspecified atom stereocenters. The zero-order valence-electron chi connectivity index (χ0n) is 19.6. The van der Waals surface area contributed by atoms with Gasteiger partial charge in [0.05, 0.1) is 5.69 Å². The van der Waals surface area contributed by atoms with E-state index in [0.29, 0.717) is 11.9 Å². The predicted molar refractivity (Wildman–Crippen MR) is 119 cm³/mol. The lowest BCUT2D eigenvalue weighted by molar-refractivity contribution is 0.165. The van der Waals surface area contributed by atoms with E-state index in [4.69, 9.17) is 2.74 Å². The Kier molecular flexibility index (Phi) is 6.18. The number of nitrogens with one attached hydrogen (secondary N) is 1. The van der Waals surface area contributed by atoms with E-state index in [1.54, 1.807) is 6.20 Å². The smallest absolute Gasteiger partial charge is 0.128 e. The second kappa shape index (κ2) is 10.1. The molecule has 1 aromatic heterocycles. The average Bonchev–Trinajstić information content (AvgIpc) is 2.79. The summed E-state index contributed by atoms with van der Waals surface area (Å²) in [6.07, 6.45) is 0.0274. The molecule has 0 amide bonds. The van der Waals surface area contributed by atoms with Gasteiger partial charge in [-0.1, -0.05) is 18.2 Å². The van der Waals surface area contributed by atoms with E-state index < -0.39 is 18.0 Å². The van der Waals surface area contributed by atoms with Gasteiger partial charge in [-0.2, -0.15) is 0 Å². The number of benzene rings is 2. The highest BCUT2D eigenvalue weighted by molar-refractivity contribution is 5.59. The molecule has 1 atom stereocenters. The predicted octanol–water partition coefficient (Wildman–Crippen LogP) is 4.39. The van der Waals surface area contributed by atoms with Crippen LogP contribution in [0, 0.1) is 11.6 Å². The Morgan fingerprint density at radius 1 is 1.13 bits per heavy atom. The topological polar surface area (TPSA) is 41.1 Å². The molecule has 0 bridgehead atoms. The fourth-order valence-corrected chi connectivity index (χ4v) is 3.84. The molecule has 4 nitrogen and oxygen atoms in total. The highest BCUT2D eigenvalue weighted by Gasteiger charge is 2.18. The van der Waals surface area contributed by atoms with Crippen molar-refractivity contribution in [1.29, 1.82) is 0 Å². The molecule has 0 radical (unpaired) electrons. The molecule has 0 spiro atoms. The third-order valence-electron chi connectivity index (χ3n) is 5.49. The van der Waals surface area contributed by atoms with Crippen molar-refractivity contribution in [3.8, 4) is 11.3 Å². The molecule has 0 saturated carbocycles. The van der Waals surface area contributed by atoms with E-state index in [0.717, 1.165) is 55.6 Å². The van der Waals surface area contributed by atoms with Crippen molar-refractivity contribution in [3.05, 3.63) is 83.3 Å². The number of hydrogen-bond acceptors (Lipinski definition) is 4. The van der Waals surface area contributed by atoms with Crippen LogP contribution in [0.15, 0.2) is 54.7 Å². The molecule has 162 valence electrons. The Bertz CT molecular complexity index is 1090. The number of nitrogens with zero attached hydrogens (tertiary/aromatic N) is 3. The van der Waals surface area contributed by atoms with Gasteiger partial charge in [0.15, 0.2) is 0 Å². The molecule has 1 aliphatic rings. The van der Waals surface area contributed by atoms with Gasteiger partial charge in [-0.25, -0.2) is 18.7 Å². The maximum Gasteiger partial charge on any atom is 0.128 e. The third-order valence-corrected chi connectivity index (χ3v) is 5.49. The van der Waals surface area contributed by atoms with Crippen LogP contribution in [0.3, 0.4) is 0 Å². The Balaban J connectivity index is 1.46. The van der Waals surface area contributed by atoms with E-state index in [-0.39, 0.29) is 18.4 Å². The summed E-state index contributed by atoms with van der Waals surface area (Å²) in [6, 6.07) is 13.4. The maximum absolute atomic E-state index is 13.5. The molecule has 1 aliphatic heterocycles. The fourth-order valence-electron chi connectivity index (χ4n) is 3.84. The number of hydrogen-bond donors (Lipinski definition) is 1. The molecule has 4 rings (SSSR count). The molecular weight excluding hydrogens is 394 g/mol. The zero-order valence-corrected chi connectivity index (χ0v) is 17.6. The normalized spacial score (nSPS) is 18.5. The first-order valence-electron chi connectivity index (χ1n) is 11.6. The van der Waals surface area contributed by atoms with E-state index in [1.807, 2.05) is 18.2 Å². The lowest BCUT2D eigenvalue weighted by Gasteiger charge is -2.33. The van der Waals surface area contributed by atoms with Crippen LogP contribution >= 0.6 is 0 Å². The molecule has 1 fully saturated rings. The standard InChI is InChI=1S/C25H28F2N4/c1-18-16-28-10-11-31(18)17-20-5-2-6-21(12-20)24-8-9-29-25(30-24)7-3-4-19-13-22(26)15-23(27)14-19/h2,5-6,8-9,12-15,18,28H,3-4,7,10-11,16-17H2,1H3/t18-/m0/s1/i4D2. The van der Waals surface area contributed by atoms with Gasteiger partial charge >= 0.3 is 0 Å². The monoisotopic (exact) mass is 424 g/mol. The number of piperazine rings is 1. The van der Waals surface area contributed by atoms with Gasteiger partial charge in [0, 0.05) is 59.2 Å². The maximum atomic E-state index is 13.5. The first-order chi connectivity index (χ1) is 15.8. The summed E-state index contributed by atoms with van der Waals surface area (Å²) in [5.74, 6) is -1.08. The SMILES string of the molecule is [2H]C([2H])(CCc1nccc(-c2cccc(CN3CCNC[C@@H]3C)c2)n1)c1cc(F)cc(F)c1. The molecule has 1 N–H and O–H groups in total. The average molecular weight is 425 g/mol. The summed E-state index contributed by atoms with van der Waals surface area (Å²) in [6.45, 7) is 6.10. The van der Waals surface area contributed by atoms with E-state index in [1.165, 1.54) is 5.56 Å². The summed E-state index contributed by atoms with van der Waals surface area (Å²) >= 11 is 0. The largest absolute Gasteiger partial charge is 0.314 e. The Hall–Kier alpha value is -2.70. The molecule has 2 aromatic carbocycles. The van der Waals surface area contributed by atoms with Crippen LogP contribution in [0.5, 0.6) is 0 Å². The minimum absolute atomic E-state index is 0.0142. The van der Waals surface area contributed by atoms with E-state index in [9.17, 15) is 8.78 Å². The van der Waals surface area contributed by atoms with Crippen molar-refractivity contribution in [2.24, 2.45) is 0 Å². The van der Waals surface area contributed by atoms with Crippen LogP contribution < -0.4 is 5.32 Å². The summed E-state index contributed by atoms with van der Waals surface area (Å²) < 4.78 is 43.6. The first kappa shape index (κ1) is 19.0. The lowest BCUT2D eigenvalue weighted by Crippen LogP contribution is -2.49. The van der Waals surface area contributed by atoms with Crippen LogP contribution in [-0.2, 0) is 19.3 Å². The minimum Gasteiger partial charge on any atom is -0.314 e. The molecule has 2 heterocycles. The van der Waals surface area contributed by atoms with Crippen LogP contribution in [-0.4, -0.2) is 40.5 Å². The number of rotatable bonds is 7. The Morgan fingerprint density at radius 3 is 2.77 bits per heavy atom. The molecule has 3 aromatic rings. The number of halogens is 2. The van der Waals surface area contributed by atoms with E-state index >= 15 is 0 Å². The van der Waals surface area contributed by atoms with Gasteiger partial charge in [0.1, 0.15) is 17.5 Å². The van der Waals surface area contributed by atoms with Gasteiger partial charge in [-0.3, -0.25) is 4.90 Å². The lowest BCUT2D eigenvalue weighted by atomic mass is 10.1. The van der Waals surface area contributed by atoms with Crippen molar-refractivity contribution < 1.29 is 11.5 Å². The van der Waals surface area contributed by atoms with Gasteiger partial charge in [-0.15, -0.1) is 0 Å². The third kappa shape index (κ3) is 5.93. The quantitative estimate of drug-likeness (QED) is 0.611. The summed E-state index contributed by atoms with van der Waals surface area (Å²) in [5.41, 5.74) is 2.94. The number of aromatic nitrogens is 2. The van der Waals surface area contributed by atoms with Crippen LogP contribution in [0.2, 0.25) is 0 Å². The molecule has 31 heavy (non-hydrogen) atoms. The Morgan fingerprint density at radius 2 is 1.97 bits per heavy atom. The van der Waals surface area contributed by atoms with E-state index in [2.05, 4.69) is 39.2 Å². The zero-order chi connectivity index (χ0) is 23.4. The summed E-state index contributed by atoms with van der Waals surface area (Å²) in [4.78, 5) is 11.4. The Labute approximate surface area is 185 Å². The van der Waals surface area contributed by atoms with Crippen molar-refractivity contribution in [2.75, 3.05) is 19.6 Å². The van der Waals surface area contributed by atoms with Crippen LogP contribution in [0.1, 0.15) is 33.0 Å². The summed E-state index contributed by atoms with van der Waals surface area (Å²) in [7, 11) is 0. The van der Waals surface area contributed by atoms with Crippen LogP contribution in [0.4, 0.5) is 8.78 Å². The van der Waals surface area contributed by atoms with Crippen molar-refractivity contribution >= 4 is 0 Å². The van der Waals surface area contributed by atoms with Gasteiger partial charge < -0.3 is 5.32 Å². The highest BCUT2D eigenvalue weighted by Crippen LogP contribution is 2.20. The van der Waals surface area contributed by atoms with Gasteiger partial charge in [0.25, 0.3) is 0 Å². The minimum atomic E-state index is -1.90. The second-order valence-electron chi connectivity index (χ2n) is 7.92. The van der Waals surface area contributed by atoms with Crippen molar-refractivity contribution in [3.63, 3.8) is 0 Å². The van der Waals surface area contributed by atoms with Gasteiger partial charge in [-0.05, 0) is 55.1 Å². The first-order valence-corrected chi connectivity index (χ1v) is 10.6. The molecule has 6 heteroatoms. The number of aryl methyl sites for hydroxylation is 2. The van der Waals surface area contributed by atoms with Gasteiger partial charge in [0.2, 0.25) is 0 Å². The van der Waals surface area contributed by atoms with Crippen LogP contribution in [0.25, 0.3) is 11.3 Å². The molecule has 1 saturated heterocycles. The fraction of sp³-hybridized carbons (Fsp3) is 0.360. The summed E-state index contributed by atoms with van der Waals surface area (Å²) in [5, 5.41) is 3.41. The molecule has 0 aliphatic carbocycles.